The second-order valence-corrected chi connectivity index (χ2v) is 8.22. The molecule has 0 aliphatic rings. The molecule has 0 aromatic carbocycles. The van der Waals surface area contributed by atoms with Crippen molar-refractivity contribution in [3.63, 3.8) is 0 Å². The minimum atomic E-state index is -3.47. The van der Waals surface area contributed by atoms with E-state index in [9.17, 15) is 8.42 Å². The molecule has 0 saturated heterocycles. The van der Waals surface area contributed by atoms with Crippen LogP contribution in [0.25, 0.3) is 0 Å². The molecule has 0 radical (unpaired) electrons. The number of thiophene rings is 1. The smallest absolute Gasteiger partial charge is 0.250 e. The van der Waals surface area contributed by atoms with Gasteiger partial charge in [0.2, 0.25) is 0 Å². The number of hydrogen-bond acceptors (Lipinski definition) is 4. The lowest BCUT2D eigenvalue weighted by Crippen LogP contribution is -2.22. The van der Waals surface area contributed by atoms with Crippen molar-refractivity contribution in [1.29, 1.82) is 0 Å². The summed E-state index contributed by atoms with van der Waals surface area (Å²) in [5.74, 6) is 1.36. The molecule has 0 fully saturated rings. The Labute approximate surface area is 118 Å². The third-order valence-electron chi connectivity index (χ3n) is 2.33. The van der Waals surface area contributed by atoms with Crippen molar-refractivity contribution in [2.75, 3.05) is 0 Å². The van der Waals surface area contributed by atoms with E-state index in [0.717, 1.165) is 15.1 Å². The molecule has 7 heteroatoms. The normalized spacial score (nSPS) is 11.9. The fraction of sp³-hybridized carbons (Fsp3) is 0.273. The van der Waals surface area contributed by atoms with Crippen LogP contribution in [0, 0.1) is 13.8 Å². The van der Waals surface area contributed by atoms with E-state index in [2.05, 4.69) is 20.7 Å². The number of rotatable bonds is 4. The Balaban J connectivity index is 2.12. The fourth-order valence-corrected chi connectivity index (χ4v) is 4.65. The largest absolute Gasteiger partial charge is 0.465 e. The molecule has 2 aromatic heterocycles. The maximum atomic E-state index is 12.0. The molecule has 0 saturated carbocycles. The Kier molecular flexibility index (Phi) is 3.96. The Hall–Kier alpha value is -0.630. The van der Waals surface area contributed by atoms with Gasteiger partial charge in [-0.05, 0) is 53.5 Å². The van der Waals surface area contributed by atoms with Gasteiger partial charge in [0.25, 0.3) is 10.0 Å². The second kappa shape index (κ2) is 5.16. The standard InChI is InChI=1S/C11H12BrNO3S2/c1-7-5-10(17-11(7)12)18(14,15)13-6-9-4-3-8(2)16-9/h3-5,13H,6H2,1-2H3. The van der Waals surface area contributed by atoms with E-state index in [4.69, 9.17) is 4.42 Å². The van der Waals surface area contributed by atoms with Crippen molar-refractivity contribution in [3.8, 4) is 0 Å². The Bertz CT molecular complexity index is 638. The highest BCUT2D eigenvalue weighted by atomic mass is 79.9. The van der Waals surface area contributed by atoms with Crippen LogP contribution < -0.4 is 4.72 Å². The molecular weight excluding hydrogens is 338 g/mol. The summed E-state index contributed by atoms with van der Waals surface area (Å²) in [6.45, 7) is 3.83. The molecule has 0 atom stereocenters. The zero-order valence-electron chi connectivity index (χ0n) is 9.86. The van der Waals surface area contributed by atoms with Gasteiger partial charge < -0.3 is 4.42 Å². The van der Waals surface area contributed by atoms with Gasteiger partial charge in [-0.25, -0.2) is 13.1 Å². The van der Waals surface area contributed by atoms with Crippen LogP contribution in [0.3, 0.4) is 0 Å². The van der Waals surface area contributed by atoms with E-state index in [1.165, 1.54) is 11.3 Å². The summed E-state index contributed by atoms with van der Waals surface area (Å²) in [6, 6.07) is 5.20. The van der Waals surface area contributed by atoms with Gasteiger partial charge >= 0.3 is 0 Å². The molecule has 98 valence electrons. The van der Waals surface area contributed by atoms with Crippen LogP contribution in [-0.4, -0.2) is 8.42 Å². The lowest BCUT2D eigenvalue weighted by molar-refractivity contribution is 0.475. The summed E-state index contributed by atoms with van der Waals surface area (Å²) in [5, 5.41) is 0. The van der Waals surface area contributed by atoms with Crippen molar-refractivity contribution in [1.82, 2.24) is 4.72 Å². The highest BCUT2D eigenvalue weighted by Crippen LogP contribution is 2.30. The molecule has 2 heterocycles. The number of aryl methyl sites for hydroxylation is 2. The van der Waals surface area contributed by atoms with Crippen molar-refractivity contribution in [2.24, 2.45) is 0 Å². The monoisotopic (exact) mass is 349 g/mol. The van der Waals surface area contributed by atoms with Gasteiger partial charge in [0, 0.05) is 0 Å². The predicted octanol–water partition coefficient (Wildman–Crippen LogP) is 3.20. The molecule has 0 unspecified atom stereocenters. The molecule has 1 N–H and O–H groups in total. The second-order valence-electron chi connectivity index (χ2n) is 3.86. The van der Waals surface area contributed by atoms with Crippen LogP contribution >= 0.6 is 27.3 Å². The topological polar surface area (TPSA) is 59.3 Å². The van der Waals surface area contributed by atoms with Crippen LogP contribution in [0.1, 0.15) is 17.1 Å². The molecule has 2 rings (SSSR count). The lowest BCUT2D eigenvalue weighted by atomic mass is 10.4. The Morgan fingerprint density at radius 1 is 1.39 bits per heavy atom. The summed E-state index contributed by atoms with van der Waals surface area (Å²) in [4.78, 5) is 0. The maximum absolute atomic E-state index is 12.0. The van der Waals surface area contributed by atoms with E-state index in [0.29, 0.717) is 9.97 Å². The van der Waals surface area contributed by atoms with Gasteiger partial charge in [-0.2, -0.15) is 0 Å². The molecule has 0 aliphatic carbocycles. The molecule has 2 aromatic rings. The zero-order chi connectivity index (χ0) is 13.3. The molecule has 0 aliphatic heterocycles. The predicted molar refractivity (Wildman–Crippen MR) is 74.2 cm³/mol. The third kappa shape index (κ3) is 3.03. The molecule has 18 heavy (non-hydrogen) atoms. The summed E-state index contributed by atoms with van der Waals surface area (Å²) < 4.78 is 33.0. The van der Waals surface area contributed by atoms with Crippen LogP contribution in [0.15, 0.2) is 30.6 Å². The minimum absolute atomic E-state index is 0.157. The first-order valence-corrected chi connectivity index (χ1v) is 8.28. The first-order chi connectivity index (χ1) is 8.38. The van der Waals surface area contributed by atoms with E-state index >= 15 is 0 Å². The van der Waals surface area contributed by atoms with Crippen molar-refractivity contribution in [2.45, 2.75) is 24.6 Å². The highest BCUT2D eigenvalue weighted by Gasteiger charge is 2.18. The summed E-state index contributed by atoms with van der Waals surface area (Å²) in [7, 11) is -3.47. The Morgan fingerprint density at radius 3 is 2.61 bits per heavy atom. The van der Waals surface area contributed by atoms with Crippen LogP contribution in [0.4, 0.5) is 0 Å². The van der Waals surface area contributed by atoms with Crippen molar-refractivity contribution < 1.29 is 12.8 Å². The molecule has 0 spiro atoms. The van der Waals surface area contributed by atoms with E-state index in [1.807, 2.05) is 13.8 Å². The quantitative estimate of drug-likeness (QED) is 0.921. The first kappa shape index (κ1) is 13.8. The molecule has 0 amide bonds. The van der Waals surface area contributed by atoms with Crippen LogP contribution in [-0.2, 0) is 16.6 Å². The van der Waals surface area contributed by atoms with Gasteiger partial charge in [-0.3, -0.25) is 0 Å². The Morgan fingerprint density at radius 2 is 2.11 bits per heavy atom. The van der Waals surface area contributed by atoms with Gasteiger partial charge in [-0.15, -0.1) is 11.3 Å². The van der Waals surface area contributed by atoms with Crippen LogP contribution in [0.5, 0.6) is 0 Å². The van der Waals surface area contributed by atoms with Gasteiger partial charge in [-0.1, -0.05) is 0 Å². The summed E-state index contributed by atoms with van der Waals surface area (Å²) in [6.07, 6.45) is 0. The first-order valence-electron chi connectivity index (χ1n) is 5.19. The van der Waals surface area contributed by atoms with E-state index in [-0.39, 0.29) is 6.54 Å². The third-order valence-corrected chi connectivity index (χ3v) is 6.34. The van der Waals surface area contributed by atoms with Gasteiger partial charge in [0.15, 0.2) is 0 Å². The number of hydrogen-bond donors (Lipinski definition) is 1. The minimum Gasteiger partial charge on any atom is -0.465 e. The SMILES string of the molecule is Cc1ccc(CNS(=O)(=O)c2cc(C)c(Br)s2)o1. The van der Waals surface area contributed by atoms with Crippen molar-refractivity contribution >= 4 is 37.3 Å². The summed E-state index contributed by atoms with van der Waals surface area (Å²) in [5.41, 5.74) is 0.911. The van der Waals surface area contributed by atoms with Gasteiger partial charge in [0.05, 0.1) is 10.3 Å². The van der Waals surface area contributed by atoms with Crippen molar-refractivity contribution in [3.05, 3.63) is 39.1 Å². The molecule has 0 bridgehead atoms. The highest BCUT2D eigenvalue weighted by molar-refractivity contribution is 9.11. The zero-order valence-corrected chi connectivity index (χ0v) is 13.1. The fourth-order valence-electron chi connectivity index (χ4n) is 1.38. The molecular formula is C11H12BrNO3S2. The number of nitrogens with one attached hydrogen (secondary N) is 1. The lowest BCUT2D eigenvalue weighted by Gasteiger charge is -2.02. The van der Waals surface area contributed by atoms with Gasteiger partial charge in [0.1, 0.15) is 15.7 Å². The number of sulfonamides is 1. The maximum Gasteiger partial charge on any atom is 0.250 e. The summed E-state index contributed by atoms with van der Waals surface area (Å²) >= 11 is 4.51. The number of halogens is 1. The average Bonchev–Trinajstić information content (AvgIpc) is 2.84. The van der Waals surface area contributed by atoms with E-state index in [1.54, 1.807) is 18.2 Å². The number of furan rings is 1. The van der Waals surface area contributed by atoms with Crippen LogP contribution in [0.2, 0.25) is 0 Å². The molecule has 4 nitrogen and oxygen atoms in total. The average molecular weight is 350 g/mol. The van der Waals surface area contributed by atoms with E-state index < -0.39 is 10.0 Å².